The van der Waals surface area contributed by atoms with Gasteiger partial charge in [0.25, 0.3) is 5.91 Å². The Morgan fingerprint density at radius 3 is 2.57 bits per heavy atom. The minimum atomic E-state index is -4.43. The normalized spacial score (nSPS) is 19.7. The average Bonchev–Trinajstić information content (AvgIpc) is 3.48. The van der Waals surface area contributed by atoms with Crippen molar-refractivity contribution in [1.82, 2.24) is 25.5 Å². The van der Waals surface area contributed by atoms with Crippen LogP contribution in [0, 0.1) is 5.92 Å². The van der Waals surface area contributed by atoms with Gasteiger partial charge < -0.3 is 20.4 Å². The molecule has 2 aliphatic heterocycles. The van der Waals surface area contributed by atoms with Crippen LogP contribution in [-0.4, -0.2) is 56.5 Å². The fraction of sp³-hybridized carbons (Fsp3) is 0.304. The van der Waals surface area contributed by atoms with Crippen LogP contribution in [0.15, 0.2) is 42.5 Å². The third-order valence-corrected chi connectivity index (χ3v) is 6.35. The van der Waals surface area contributed by atoms with Crippen LogP contribution in [0.2, 0.25) is 0 Å². The molecule has 2 unspecified atom stereocenters. The summed E-state index contributed by atoms with van der Waals surface area (Å²) < 4.78 is 40.1. The maximum absolute atomic E-state index is 13.3. The van der Waals surface area contributed by atoms with Crippen molar-refractivity contribution in [1.29, 1.82) is 0 Å². The third kappa shape index (κ3) is 4.37. The second-order valence-electron chi connectivity index (χ2n) is 8.73. The number of fused-ring (bicyclic) bond motifs is 1. The molecular weight excluding hydrogens is 465 g/mol. The van der Waals surface area contributed by atoms with Crippen LogP contribution < -0.4 is 16.2 Å². The zero-order chi connectivity index (χ0) is 24.9. The number of nitrogens with zero attached hydrogens (tertiary/aromatic N) is 3. The fourth-order valence-electron chi connectivity index (χ4n) is 4.52. The van der Waals surface area contributed by atoms with E-state index < -0.39 is 11.7 Å². The van der Waals surface area contributed by atoms with Gasteiger partial charge in [0.2, 0.25) is 0 Å². The molecule has 1 aromatic heterocycles. The Bertz CT molecular complexity index is 1260. The number of hydrogen-bond donors (Lipinski definition) is 5. The Balaban J connectivity index is 1.43. The van der Waals surface area contributed by atoms with Crippen LogP contribution in [0.4, 0.5) is 24.7 Å². The second-order valence-corrected chi connectivity index (χ2v) is 8.73. The number of phenols is 2. The second kappa shape index (κ2) is 8.47. The number of carbonyl (C=O) groups excluding carboxylic acids is 1. The quantitative estimate of drug-likeness (QED) is 0.384. The van der Waals surface area contributed by atoms with E-state index in [9.17, 15) is 28.2 Å². The van der Waals surface area contributed by atoms with E-state index in [1.807, 2.05) is 0 Å². The molecule has 2 saturated heterocycles. The molecule has 3 heterocycles. The van der Waals surface area contributed by atoms with Crippen molar-refractivity contribution in [2.24, 2.45) is 13.0 Å². The highest BCUT2D eigenvalue weighted by Gasteiger charge is 2.39. The maximum atomic E-state index is 13.3. The van der Waals surface area contributed by atoms with Gasteiger partial charge in [-0.15, -0.1) is 0 Å². The summed E-state index contributed by atoms with van der Waals surface area (Å²) in [5, 5.41) is 28.0. The maximum Gasteiger partial charge on any atom is 0.416 e. The number of benzene rings is 2. The molecule has 2 atom stereocenters. The van der Waals surface area contributed by atoms with E-state index in [4.69, 9.17) is 0 Å². The van der Waals surface area contributed by atoms with Crippen LogP contribution in [0.25, 0.3) is 11.3 Å². The van der Waals surface area contributed by atoms with Gasteiger partial charge in [-0.3, -0.25) is 20.3 Å². The number of hydrazine groups is 1. The molecule has 0 radical (unpaired) electrons. The smallest absolute Gasteiger partial charge is 0.416 e. The molecule has 184 valence electrons. The number of amides is 1. The van der Waals surface area contributed by atoms with Crippen LogP contribution >= 0.6 is 0 Å². The highest BCUT2D eigenvalue weighted by Crippen LogP contribution is 2.36. The molecule has 1 amide bonds. The van der Waals surface area contributed by atoms with E-state index in [0.29, 0.717) is 30.2 Å². The number of alkyl halides is 3. The van der Waals surface area contributed by atoms with Crippen molar-refractivity contribution >= 4 is 17.4 Å². The summed E-state index contributed by atoms with van der Waals surface area (Å²) in [5.41, 5.74) is 6.52. The molecule has 5 rings (SSSR count). The predicted molar refractivity (Wildman–Crippen MR) is 121 cm³/mol. The molecule has 0 saturated carbocycles. The number of phenolic OH excluding ortho intramolecular Hbond substituents is 2. The van der Waals surface area contributed by atoms with Crippen molar-refractivity contribution in [3.8, 4) is 22.8 Å². The highest BCUT2D eigenvalue weighted by molar-refractivity contribution is 6.03. The van der Waals surface area contributed by atoms with Crippen molar-refractivity contribution in [2.45, 2.75) is 12.2 Å². The Labute approximate surface area is 198 Å². The lowest BCUT2D eigenvalue weighted by molar-refractivity contribution is -0.137. The number of hydrogen-bond acceptors (Lipinski definition) is 7. The van der Waals surface area contributed by atoms with Crippen LogP contribution in [0.1, 0.15) is 15.9 Å². The number of aryl methyl sites for hydroxylation is 1. The fourth-order valence-corrected chi connectivity index (χ4v) is 4.52. The van der Waals surface area contributed by atoms with Crippen molar-refractivity contribution in [2.75, 3.05) is 25.0 Å². The zero-order valence-corrected chi connectivity index (χ0v) is 18.6. The Morgan fingerprint density at radius 2 is 1.89 bits per heavy atom. The van der Waals surface area contributed by atoms with Crippen molar-refractivity contribution in [3.63, 3.8) is 0 Å². The number of rotatable bonds is 4. The van der Waals surface area contributed by atoms with Crippen molar-refractivity contribution in [3.05, 3.63) is 53.6 Å². The molecular formula is C23H23F3N6O3. The van der Waals surface area contributed by atoms with E-state index in [0.717, 1.165) is 24.7 Å². The summed E-state index contributed by atoms with van der Waals surface area (Å²) >= 11 is 0. The van der Waals surface area contributed by atoms with E-state index in [1.165, 1.54) is 22.9 Å². The van der Waals surface area contributed by atoms with Gasteiger partial charge in [-0.2, -0.15) is 18.3 Å². The van der Waals surface area contributed by atoms with Crippen LogP contribution in [-0.2, 0) is 13.2 Å². The number of likely N-dealkylation sites (tertiary alicyclic amines) is 1. The standard InChI is InChI=1S/C23H23F3N6O3/c1-31-20(8-16(30-31)12-2-4-14(5-3-12)23(24,25)26)28-17-6-15(33)7-19(34)21(17)22(35)32-10-13-9-27-29-18(13)11-32/h2-8,13,18,27-29,33-34H,9-11H2,1H3. The van der Waals surface area contributed by atoms with Gasteiger partial charge in [-0.1, -0.05) is 12.1 Å². The number of anilines is 2. The lowest BCUT2D eigenvalue weighted by Crippen LogP contribution is -2.38. The van der Waals surface area contributed by atoms with Crippen LogP contribution in [0.5, 0.6) is 11.5 Å². The topological polar surface area (TPSA) is 115 Å². The van der Waals surface area contributed by atoms with Gasteiger partial charge in [-0.25, -0.2) is 0 Å². The molecule has 2 fully saturated rings. The van der Waals surface area contributed by atoms with E-state index in [-0.39, 0.29) is 40.6 Å². The SMILES string of the molecule is Cn1nc(-c2ccc(C(F)(F)F)cc2)cc1Nc1cc(O)cc(O)c1C(=O)N1CC2CNNC2C1. The summed E-state index contributed by atoms with van der Waals surface area (Å²) in [4.78, 5) is 15.0. The molecule has 0 spiro atoms. The first-order valence-electron chi connectivity index (χ1n) is 10.9. The number of aromatic nitrogens is 2. The summed E-state index contributed by atoms with van der Waals surface area (Å²) in [5.74, 6) is -0.325. The Kier molecular flexibility index (Phi) is 5.56. The molecule has 0 aliphatic carbocycles. The number of nitrogens with one attached hydrogen (secondary N) is 3. The van der Waals surface area contributed by atoms with E-state index in [1.54, 1.807) is 18.0 Å². The highest BCUT2D eigenvalue weighted by atomic mass is 19.4. The largest absolute Gasteiger partial charge is 0.508 e. The first kappa shape index (κ1) is 23.0. The van der Waals surface area contributed by atoms with Gasteiger partial charge in [0.15, 0.2) is 0 Å². The lowest BCUT2D eigenvalue weighted by Gasteiger charge is -2.21. The summed E-state index contributed by atoms with van der Waals surface area (Å²) in [6.45, 7) is 1.73. The molecule has 12 heteroatoms. The average molecular weight is 488 g/mol. The monoisotopic (exact) mass is 488 g/mol. The first-order chi connectivity index (χ1) is 16.6. The molecule has 2 aromatic carbocycles. The number of halogens is 3. The molecule has 3 aromatic rings. The minimum Gasteiger partial charge on any atom is -0.508 e. The summed E-state index contributed by atoms with van der Waals surface area (Å²) in [7, 11) is 1.63. The first-order valence-corrected chi connectivity index (χ1v) is 10.9. The molecule has 0 bridgehead atoms. The number of aromatic hydroxyl groups is 2. The zero-order valence-electron chi connectivity index (χ0n) is 18.6. The molecule has 2 aliphatic rings. The number of carbonyl (C=O) groups is 1. The van der Waals surface area contributed by atoms with E-state index in [2.05, 4.69) is 21.3 Å². The molecule has 35 heavy (non-hydrogen) atoms. The minimum absolute atomic E-state index is 0.00742. The van der Waals surface area contributed by atoms with Crippen molar-refractivity contribution < 1.29 is 28.2 Å². The Hall–Kier alpha value is -3.77. The summed E-state index contributed by atoms with van der Waals surface area (Å²) in [6, 6.07) is 8.79. The van der Waals surface area contributed by atoms with Gasteiger partial charge in [-0.05, 0) is 12.1 Å². The van der Waals surface area contributed by atoms with Gasteiger partial charge in [0, 0.05) is 62.4 Å². The van der Waals surface area contributed by atoms with E-state index >= 15 is 0 Å². The Morgan fingerprint density at radius 1 is 1.14 bits per heavy atom. The van der Waals surface area contributed by atoms with Gasteiger partial charge in [0.1, 0.15) is 22.9 Å². The predicted octanol–water partition coefficient (Wildman–Crippen LogP) is 2.81. The third-order valence-electron chi connectivity index (χ3n) is 6.35. The van der Waals surface area contributed by atoms with Crippen LogP contribution in [0.3, 0.4) is 0 Å². The molecule has 9 nitrogen and oxygen atoms in total. The lowest BCUT2D eigenvalue weighted by atomic mass is 10.1. The van der Waals surface area contributed by atoms with Gasteiger partial charge >= 0.3 is 6.18 Å². The summed E-state index contributed by atoms with van der Waals surface area (Å²) in [6.07, 6.45) is -4.43. The molecule has 5 N–H and O–H groups in total. The van der Waals surface area contributed by atoms with Gasteiger partial charge in [0.05, 0.1) is 16.9 Å².